The summed E-state index contributed by atoms with van der Waals surface area (Å²) in [6, 6.07) is -0.0257. The number of hydrogen-bond acceptors (Lipinski definition) is 5. The fourth-order valence-electron chi connectivity index (χ4n) is 2.88. The average Bonchev–Trinajstić information content (AvgIpc) is 3.26. The van der Waals surface area contributed by atoms with Gasteiger partial charge in [-0.25, -0.2) is 13.5 Å². The van der Waals surface area contributed by atoms with Gasteiger partial charge in [-0.2, -0.15) is 5.10 Å². The molecule has 1 aliphatic heterocycles. The Labute approximate surface area is 129 Å². The van der Waals surface area contributed by atoms with Gasteiger partial charge in [0.05, 0.1) is 11.0 Å². The van der Waals surface area contributed by atoms with Crippen molar-refractivity contribution < 1.29 is 13.7 Å². The third-order valence-corrected chi connectivity index (χ3v) is 4.11. The first-order chi connectivity index (χ1) is 11.0. The Hall–Kier alpha value is -2.42. The van der Waals surface area contributed by atoms with Crippen LogP contribution in [0.3, 0.4) is 0 Å². The van der Waals surface area contributed by atoms with Crippen molar-refractivity contribution in [3.05, 3.63) is 26.8 Å². The second kappa shape index (κ2) is 5.65. The predicted molar refractivity (Wildman–Crippen MR) is 76.2 cm³/mol. The molecule has 0 spiro atoms. The van der Waals surface area contributed by atoms with E-state index in [1.165, 1.54) is 4.68 Å². The first kappa shape index (κ1) is 15.5. The molecule has 0 amide bonds. The smallest absolute Gasteiger partial charge is 0.331 e. The highest BCUT2D eigenvalue weighted by atomic mass is 19.3. The number of alkyl halides is 2. The zero-order chi connectivity index (χ0) is 16.6. The molecule has 3 rings (SSSR count). The van der Waals surface area contributed by atoms with Crippen molar-refractivity contribution in [3.8, 4) is 0 Å². The summed E-state index contributed by atoms with van der Waals surface area (Å²) >= 11 is 0. The Morgan fingerprint density at radius 3 is 2.83 bits per heavy atom. The molecule has 0 aromatic carbocycles. The van der Waals surface area contributed by atoms with Crippen molar-refractivity contribution >= 4 is 11.5 Å². The zero-order valence-corrected chi connectivity index (χ0v) is 12.2. The van der Waals surface area contributed by atoms with Crippen molar-refractivity contribution in [3.63, 3.8) is 0 Å². The zero-order valence-electron chi connectivity index (χ0n) is 12.2. The van der Waals surface area contributed by atoms with E-state index < -0.39 is 23.4 Å². The number of rotatable bonds is 4. The third-order valence-electron chi connectivity index (χ3n) is 4.11. The van der Waals surface area contributed by atoms with E-state index in [0.717, 1.165) is 23.9 Å². The fourth-order valence-corrected chi connectivity index (χ4v) is 2.88. The molecule has 0 radical (unpaired) electrons. The minimum atomic E-state index is -3.25. The summed E-state index contributed by atoms with van der Waals surface area (Å²) in [7, 11) is 0. The van der Waals surface area contributed by atoms with E-state index in [1.807, 2.05) is 0 Å². The monoisotopic (exact) mass is 327 g/mol. The molecule has 2 fully saturated rings. The molecule has 2 heterocycles. The molecule has 0 N–H and O–H groups in total. The minimum absolute atomic E-state index is 0.0106. The molecular weight excluding hydrogens is 312 g/mol. The second-order valence-electron chi connectivity index (χ2n) is 5.78. The van der Waals surface area contributed by atoms with E-state index in [1.54, 1.807) is 0 Å². The number of aromatic nitrogens is 2. The van der Waals surface area contributed by atoms with E-state index >= 15 is 0 Å². The van der Waals surface area contributed by atoms with E-state index in [2.05, 4.69) is 15.1 Å². The van der Waals surface area contributed by atoms with Crippen LogP contribution in [-0.4, -0.2) is 33.3 Å². The summed E-state index contributed by atoms with van der Waals surface area (Å²) in [5.41, 5.74) is 8.33. The summed E-state index contributed by atoms with van der Waals surface area (Å²) in [5, 5.41) is 18.5. The minimum Gasteiger partial charge on any atom is -0.337 e. The molecule has 1 atom stereocenters. The van der Waals surface area contributed by atoms with Crippen LogP contribution in [-0.2, 0) is 0 Å². The van der Waals surface area contributed by atoms with Gasteiger partial charge in [0.1, 0.15) is 6.20 Å². The van der Waals surface area contributed by atoms with E-state index in [0.29, 0.717) is 6.42 Å². The first-order valence-corrected chi connectivity index (χ1v) is 7.36. The van der Waals surface area contributed by atoms with Gasteiger partial charge in [0, 0.05) is 17.9 Å². The van der Waals surface area contributed by atoms with Crippen LogP contribution in [0.2, 0.25) is 0 Å². The number of anilines is 1. The Kier molecular flexibility index (Phi) is 3.80. The molecular formula is C12H15F2N7O2. The molecule has 0 bridgehead atoms. The average molecular weight is 327 g/mol. The van der Waals surface area contributed by atoms with Gasteiger partial charge in [-0.1, -0.05) is 5.11 Å². The van der Waals surface area contributed by atoms with Gasteiger partial charge in [0.15, 0.2) is 6.17 Å². The predicted octanol–water partition coefficient (Wildman–Crippen LogP) is 3.39. The van der Waals surface area contributed by atoms with Crippen LogP contribution in [0.15, 0.2) is 11.3 Å². The Bertz CT molecular complexity index is 666. The number of hydrogen-bond donors (Lipinski definition) is 0. The lowest BCUT2D eigenvalue weighted by atomic mass is 10.1. The fraction of sp³-hybridized carbons (Fsp3) is 0.750. The van der Waals surface area contributed by atoms with Crippen LogP contribution in [0.25, 0.3) is 10.4 Å². The number of halogens is 2. The molecule has 2 aliphatic rings. The number of nitro groups is 1. The standard InChI is InChI=1S/C12H15F2N7O2/c13-12(14)5-1-2-6-19(11(12)17-18-15)10-9(21(22)23)7-16-20(10)8-3-4-8/h7-8,11H,1-6H2. The molecule has 1 saturated carbocycles. The highest BCUT2D eigenvalue weighted by Gasteiger charge is 2.47. The number of azide groups is 1. The van der Waals surface area contributed by atoms with Crippen LogP contribution in [0.5, 0.6) is 0 Å². The maximum absolute atomic E-state index is 14.3. The van der Waals surface area contributed by atoms with Crippen molar-refractivity contribution in [2.75, 3.05) is 11.4 Å². The second-order valence-corrected chi connectivity index (χ2v) is 5.78. The molecule has 1 aliphatic carbocycles. The van der Waals surface area contributed by atoms with Crippen molar-refractivity contribution in [2.45, 2.75) is 50.2 Å². The summed E-state index contributed by atoms with van der Waals surface area (Å²) in [6.45, 7) is 0.151. The summed E-state index contributed by atoms with van der Waals surface area (Å²) < 4.78 is 30.1. The molecule has 11 heteroatoms. The summed E-state index contributed by atoms with van der Waals surface area (Å²) in [4.78, 5) is 14.3. The molecule has 1 unspecified atom stereocenters. The molecule has 23 heavy (non-hydrogen) atoms. The number of nitrogens with zero attached hydrogens (tertiary/aromatic N) is 7. The van der Waals surface area contributed by atoms with E-state index in [4.69, 9.17) is 5.53 Å². The lowest BCUT2D eigenvalue weighted by Crippen LogP contribution is -2.46. The molecule has 124 valence electrons. The van der Waals surface area contributed by atoms with Gasteiger partial charge >= 0.3 is 5.69 Å². The normalized spacial score (nSPS) is 23.9. The van der Waals surface area contributed by atoms with Crippen LogP contribution in [0.4, 0.5) is 20.3 Å². The van der Waals surface area contributed by atoms with Gasteiger partial charge < -0.3 is 4.90 Å². The van der Waals surface area contributed by atoms with Gasteiger partial charge in [-0.05, 0) is 31.2 Å². The summed E-state index contributed by atoms with van der Waals surface area (Å²) in [6.07, 6.45) is 1.14. The van der Waals surface area contributed by atoms with Crippen molar-refractivity contribution in [2.24, 2.45) is 5.11 Å². The molecule has 1 saturated heterocycles. The van der Waals surface area contributed by atoms with Crippen LogP contribution in [0, 0.1) is 10.1 Å². The van der Waals surface area contributed by atoms with Crippen molar-refractivity contribution in [1.82, 2.24) is 9.78 Å². The quantitative estimate of drug-likeness (QED) is 0.277. The molecule has 1 aromatic heterocycles. The van der Waals surface area contributed by atoms with Crippen LogP contribution in [0.1, 0.15) is 38.1 Å². The maximum Gasteiger partial charge on any atom is 0.331 e. The lowest BCUT2D eigenvalue weighted by molar-refractivity contribution is -0.384. The largest absolute Gasteiger partial charge is 0.337 e. The lowest BCUT2D eigenvalue weighted by Gasteiger charge is -2.32. The molecule has 9 nitrogen and oxygen atoms in total. The topological polar surface area (TPSA) is 113 Å². The van der Waals surface area contributed by atoms with Gasteiger partial charge in [-0.15, -0.1) is 0 Å². The molecule has 1 aromatic rings. The van der Waals surface area contributed by atoms with Gasteiger partial charge in [0.2, 0.25) is 5.82 Å². The van der Waals surface area contributed by atoms with Crippen molar-refractivity contribution in [1.29, 1.82) is 0 Å². The highest BCUT2D eigenvalue weighted by Crippen LogP contribution is 2.44. The Morgan fingerprint density at radius 1 is 1.48 bits per heavy atom. The van der Waals surface area contributed by atoms with Gasteiger partial charge in [0.25, 0.3) is 5.92 Å². The van der Waals surface area contributed by atoms with E-state index in [9.17, 15) is 18.9 Å². The highest BCUT2D eigenvalue weighted by molar-refractivity contribution is 5.59. The third kappa shape index (κ3) is 2.79. The van der Waals surface area contributed by atoms with E-state index in [-0.39, 0.29) is 30.5 Å². The maximum atomic E-state index is 14.3. The SMILES string of the molecule is [N-]=[N+]=NC1N(c2c([N+](=O)[O-])cnn2C2CC2)CCCCC1(F)F. The van der Waals surface area contributed by atoms with Crippen LogP contribution >= 0.6 is 0 Å². The summed E-state index contributed by atoms with van der Waals surface area (Å²) in [5.74, 6) is -3.24. The Balaban J connectivity index is 2.11. The first-order valence-electron chi connectivity index (χ1n) is 7.36. The Morgan fingerprint density at radius 2 is 2.22 bits per heavy atom. The van der Waals surface area contributed by atoms with Gasteiger partial charge in [-0.3, -0.25) is 10.1 Å². The van der Waals surface area contributed by atoms with Crippen LogP contribution < -0.4 is 4.90 Å².